The first-order chi connectivity index (χ1) is 5.83. The van der Waals surface area contributed by atoms with Gasteiger partial charge in [-0.05, 0) is 18.7 Å². The Bertz CT molecular complexity index is 218. The molecule has 0 fully saturated rings. The highest BCUT2D eigenvalue weighted by molar-refractivity contribution is 5.34. The molecule has 1 aromatic heterocycles. The van der Waals surface area contributed by atoms with Crippen LogP contribution in [0.15, 0.2) is 18.3 Å². The summed E-state index contributed by atoms with van der Waals surface area (Å²) in [6.45, 7) is 4.08. The molecule has 12 heavy (non-hydrogen) atoms. The monoisotopic (exact) mass is 165 g/mol. The number of pyridine rings is 1. The van der Waals surface area contributed by atoms with Gasteiger partial charge in [0.1, 0.15) is 0 Å². The minimum absolute atomic E-state index is 0.724. The number of hydrogen-bond donors (Lipinski definition) is 2. The van der Waals surface area contributed by atoms with E-state index in [9.17, 15) is 0 Å². The molecule has 3 heteroatoms. The van der Waals surface area contributed by atoms with Gasteiger partial charge in [0.2, 0.25) is 0 Å². The standard InChI is InChI=1S/C9H15N3/c1-2-11-6-5-9-4-3-8(10)7-12-9/h3-4,7,11H,2,5-6,10H2,1H3. The fraction of sp³-hybridized carbons (Fsp3) is 0.444. The van der Waals surface area contributed by atoms with Gasteiger partial charge in [-0.1, -0.05) is 6.92 Å². The Labute approximate surface area is 73.0 Å². The lowest BCUT2D eigenvalue weighted by molar-refractivity contribution is 0.708. The van der Waals surface area contributed by atoms with E-state index in [-0.39, 0.29) is 0 Å². The van der Waals surface area contributed by atoms with Gasteiger partial charge in [0.15, 0.2) is 0 Å². The van der Waals surface area contributed by atoms with Gasteiger partial charge in [0.25, 0.3) is 0 Å². The van der Waals surface area contributed by atoms with Crippen molar-refractivity contribution in [3.8, 4) is 0 Å². The van der Waals surface area contributed by atoms with E-state index in [1.54, 1.807) is 6.20 Å². The molecule has 0 bridgehead atoms. The number of nitrogen functional groups attached to an aromatic ring is 1. The Hall–Kier alpha value is -1.09. The predicted octanol–water partition coefficient (Wildman–Crippen LogP) is 0.816. The highest BCUT2D eigenvalue weighted by Gasteiger charge is 1.92. The van der Waals surface area contributed by atoms with Crippen molar-refractivity contribution in [2.24, 2.45) is 0 Å². The van der Waals surface area contributed by atoms with Crippen molar-refractivity contribution in [3.05, 3.63) is 24.0 Å². The zero-order valence-corrected chi connectivity index (χ0v) is 7.38. The predicted molar refractivity (Wildman–Crippen MR) is 50.9 cm³/mol. The van der Waals surface area contributed by atoms with E-state index < -0.39 is 0 Å². The summed E-state index contributed by atoms with van der Waals surface area (Å²) in [5.41, 5.74) is 7.32. The van der Waals surface area contributed by atoms with Gasteiger partial charge >= 0.3 is 0 Å². The van der Waals surface area contributed by atoms with Crippen LogP contribution in [0.2, 0.25) is 0 Å². The summed E-state index contributed by atoms with van der Waals surface area (Å²) < 4.78 is 0. The third-order valence-electron chi connectivity index (χ3n) is 1.66. The summed E-state index contributed by atoms with van der Waals surface area (Å²) in [4.78, 5) is 4.19. The molecule has 0 spiro atoms. The molecule has 3 nitrogen and oxygen atoms in total. The number of rotatable bonds is 4. The lowest BCUT2D eigenvalue weighted by Crippen LogP contribution is -2.16. The number of nitrogens with two attached hydrogens (primary N) is 1. The Kier molecular flexibility index (Phi) is 3.54. The zero-order chi connectivity index (χ0) is 8.81. The van der Waals surface area contributed by atoms with Crippen LogP contribution in [0.3, 0.4) is 0 Å². The SMILES string of the molecule is CCNCCc1ccc(N)cn1. The normalized spacial score (nSPS) is 10.1. The molecule has 3 N–H and O–H groups in total. The lowest BCUT2D eigenvalue weighted by Gasteiger charge is -2.01. The molecule has 0 amide bonds. The van der Waals surface area contributed by atoms with Crippen molar-refractivity contribution in [1.82, 2.24) is 10.3 Å². The summed E-state index contributed by atoms with van der Waals surface area (Å²) in [5, 5.41) is 3.24. The minimum Gasteiger partial charge on any atom is -0.397 e. The Balaban J connectivity index is 2.37. The molecule has 1 heterocycles. The third-order valence-corrected chi connectivity index (χ3v) is 1.66. The number of hydrogen-bond acceptors (Lipinski definition) is 3. The summed E-state index contributed by atoms with van der Waals surface area (Å²) >= 11 is 0. The molecule has 66 valence electrons. The first-order valence-electron chi connectivity index (χ1n) is 4.24. The maximum Gasteiger partial charge on any atom is 0.0501 e. The molecule has 0 aromatic carbocycles. The average Bonchev–Trinajstić information content (AvgIpc) is 2.09. The summed E-state index contributed by atoms with van der Waals surface area (Å²) in [6.07, 6.45) is 2.66. The minimum atomic E-state index is 0.724. The van der Waals surface area contributed by atoms with Gasteiger partial charge < -0.3 is 11.1 Å². The maximum atomic E-state index is 5.50. The van der Waals surface area contributed by atoms with Crippen LogP contribution in [0.1, 0.15) is 12.6 Å². The second kappa shape index (κ2) is 4.72. The highest BCUT2D eigenvalue weighted by Crippen LogP contribution is 2.00. The van der Waals surface area contributed by atoms with Crippen LogP contribution in [0.25, 0.3) is 0 Å². The molecule has 0 aliphatic heterocycles. The van der Waals surface area contributed by atoms with Gasteiger partial charge in [-0.2, -0.15) is 0 Å². The van der Waals surface area contributed by atoms with Gasteiger partial charge in [0.05, 0.1) is 11.9 Å². The van der Waals surface area contributed by atoms with E-state index in [4.69, 9.17) is 5.73 Å². The van der Waals surface area contributed by atoms with Gasteiger partial charge in [-0.25, -0.2) is 0 Å². The van der Waals surface area contributed by atoms with E-state index in [1.165, 1.54) is 0 Å². The van der Waals surface area contributed by atoms with Crippen molar-refractivity contribution in [1.29, 1.82) is 0 Å². The van der Waals surface area contributed by atoms with Crippen LogP contribution in [-0.4, -0.2) is 18.1 Å². The zero-order valence-electron chi connectivity index (χ0n) is 7.38. The maximum absolute atomic E-state index is 5.50. The number of likely N-dealkylation sites (N-methyl/N-ethyl adjacent to an activating group) is 1. The molecule has 0 aliphatic rings. The van der Waals surface area contributed by atoms with E-state index in [0.29, 0.717) is 0 Å². The highest BCUT2D eigenvalue weighted by atomic mass is 14.8. The van der Waals surface area contributed by atoms with Crippen LogP contribution in [0.5, 0.6) is 0 Å². The number of nitrogens with one attached hydrogen (secondary N) is 1. The smallest absolute Gasteiger partial charge is 0.0501 e. The number of nitrogens with zero attached hydrogens (tertiary/aromatic N) is 1. The topological polar surface area (TPSA) is 50.9 Å². The van der Waals surface area contributed by atoms with Gasteiger partial charge in [0, 0.05) is 18.7 Å². The Morgan fingerprint density at radius 1 is 1.50 bits per heavy atom. The van der Waals surface area contributed by atoms with E-state index >= 15 is 0 Å². The molecule has 1 rings (SSSR count). The number of anilines is 1. The molecule has 0 saturated carbocycles. The van der Waals surface area contributed by atoms with Crippen molar-refractivity contribution < 1.29 is 0 Å². The van der Waals surface area contributed by atoms with Crippen molar-refractivity contribution in [2.45, 2.75) is 13.3 Å². The van der Waals surface area contributed by atoms with E-state index in [2.05, 4.69) is 17.2 Å². The van der Waals surface area contributed by atoms with Crippen molar-refractivity contribution in [3.63, 3.8) is 0 Å². The van der Waals surface area contributed by atoms with Crippen molar-refractivity contribution >= 4 is 5.69 Å². The molecule has 1 aromatic rings. The largest absolute Gasteiger partial charge is 0.397 e. The second-order valence-electron chi connectivity index (χ2n) is 2.69. The third kappa shape index (κ3) is 2.88. The Morgan fingerprint density at radius 2 is 2.33 bits per heavy atom. The van der Waals surface area contributed by atoms with Gasteiger partial charge in [-0.15, -0.1) is 0 Å². The van der Waals surface area contributed by atoms with Crippen LogP contribution in [0, 0.1) is 0 Å². The fourth-order valence-corrected chi connectivity index (χ4v) is 0.977. The Morgan fingerprint density at radius 3 is 2.92 bits per heavy atom. The molecular formula is C9H15N3. The summed E-state index contributed by atoms with van der Waals surface area (Å²) in [6, 6.07) is 3.85. The summed E-state index contributed by atoms with van der Waals surface area (Å²) in [5.74, 6) is 0. The van der Waals surface area contributed by atoms with Crippen LogP contribution in [0.4, 0.5) is 5.69 Å². The average molecular weight is 165 g/mol. The summed E-state index contributed by atoms with van der Waals surface area (Å²) in [7, 11) is 0. The first kappa shape index (κ1) is 9.00. The van der Waals surface area contributed by atoms with Gasteiger partial charge in [-0.3, -0.25) is 4.98 Å². The lowest BCUT2D eigenvalue weighted by atomic mass is 10.2. The first-order valence-corrected chi connectivity index (χ1v) is 4.24. The molecule has 0 radical (unpaired) electrons. The fourth-order valence-electron chi connectivity index (χ4n) is 0.977. The van der Waals surface area contributed by atoms with E-state index in [0.717, 1.165) is 30.9 Å². The van der Waals surface area contributed by atoms with Crippen LogP contribution >= 0.6 is 0 Å². The molecule has 0 unspecified atom stereocenters. The second-order valence-corrected chi connectivity index (χ2v) is 2.69. The quantitative estimate of drug-likeness (QED) is 0.649. The number of aromatic nitrogens is 1. The van der Waals surface area contributed by atoms with Crippen molar-refractivity contribution in [2.75, 3.05) is 18.8 Å². The van der Waals surface area contributed by atoms with Crippen LogP contribution < -0.4 is 11.1 Å². The molecule has 0 aliphatic carbocycles. The van der Waals surface area contributed by atoms with E-state index in [1.807, 2.05) is 12.1 Å². The van der Waals surface area contributed by atoms with Crippen LogP contribution in [-0.2, 0) is 6.42 Å². The molecule has 0 saturated heterocycles. The molecular weight excluding hydrogens is 150 g/mol. The molecule has 0 atom stereocenters.